The third kappa shape index (κ3) is 3.96. The fraction of sp³-hybridized carbons (Fsp3) is 0.167. The molecule has 154 valence electrons. The Morgan fingerprint density at radius 3 is 2.45 bits per heavy atom. The summed E-state index contributed by atoms with van der Waals surface area (Å²) in [5.74, 6) is 1.07. The number of benzene rings is 2. The Morgan fingerprint density at radius 2 is 1.77 bits per heavy atom. The molecule has 0 atom stereocenters. The molecule has 2 heterocycles. The summed E-state index contributed by atoms with van der Waals surface area (Å²) in [4.78, 5) is 17.6. The Kier molecular flexibility index (Phi) is 5.14. The van der Waals surface area contributed by atoms with Crippen LogP contribution in [0, 0.1) is 32.1 Å². The summed E-state index contributed by atoms with van der Waals surface area (Å²) in [7, 11) is 1.82. The number of fused-ring (bicyclic) bond motifs is 1. The summed E-state index contributed by atoms with van der Waals surface area (Å²) < 4.78 is 7.54. The third-order valence-electron chi connectivity index (χ3n) is 5.01. The summed E-state index contributed by atoms with van der Waals surface area (Å²) in [5.41, 5.74) is 4.88. The summed E-state index contributed by atoms with van der Waals surface area (Å²) >= 11 is 0. The van der Waals surface area contributed by atoms with E-state index in [1.54, 1.807) is 41.1 Å². The maximum absolute atomic E-state index is 13.1. The van der Waals surface area contributed by atoms with Crippen LogP contribution < -0.4 is 10.1 Å². The minimum absolute atomic E-state index is 0.213. The first-order valence-corrected chi connectivity index (χ1v) is 9.76. The van der Waals surface area contributed by atoms with Gasteiger partial charge in [-0.2, -0.15) is 10.4 Å². The second kappa shape index (κ2) is 7.92. The number of anilines is 1. The zero-order chi connectivity index (χ0) is 22.1. The number of carbonyl (C=O) groups excluding carboxylic acids is 1. The van der Waals surface area contributed by atoms with E-state index in [0.717, 1.165) is 22.3 Å². The van der Waals surface area contributed by atoms with Crippen molar-refractivity contribution >= 4 is 22.6 Å². The smallest absolute Gasteiger partial charge is 0.256 e. The topological polar surface area (TPSA) is 92.8 Å². The molecule has 4 aromatic rings. The molecule has 1 N–H and O–H groups in total. The number of carbonyl (C=O) groups is 1. The molecule has 2 aromatic heterocycles. The summed E-state index contributed by atoms with van der Waals surface area (Å²) in [6.07, 6.45) is 0. The molecular formula is C24H21N5O2. The second-order valence-electron chi connectivity index (χ2n) is 7.39. The second-order valence-corrected chi connectivity index (χ2v) is 7.39. The molecule has 2 aromatic carbocycles. The van der Waals surface area contributed by atoms with Gasteiger partial charge in [0.05, 0.1) is 28.3 Å². The van der Waals surface area contributed by atoms with E-state index in [-0.39, 0.29) is 5.91 Å². The zero-order valence-corrected chi connectivity index (χ0v) is 17.7. The van der Waals surface area contributed by atoms with Gasteiger partial charge < -0.3 is 10.1 Å². The molecule has 0 aliphatic carbocycles. The lowest BCUT2D eigenvalue weighted by molar-refractivity contribution is 0.102. The summed E-state index contributed by atoms with van der Waals surface area (Å²) in [6.45, 7) is 5.64. The fourth-order valence-electron chi connectivity index (χ4n) is 3.51. The Bertz CT molecular complexity index is 1350. The average Bonchev–Trinajstić information content (AvgIpc) is 3.03. The van der Waals surface area contributed by atoms with Crippen LogP contribution in [0.2, 0.25) is 0 Å². The van der Waals surface area contributed by atoms with Crippen LogP contribution in [0.5, 0.6) is 11.5 Å². The number of nitrogens with one attached hydrogen (secondary N) is 1. The van der Waals surface area contributed by atoms with E-state index in [4.69, 9.17) is 10.00 Å². The predicted molar refractivity (Wildman–Crippen MR) is 118 cm³/mol. The lowest BCUT2D eigenvalue weighted by Crippen LogP contribution is -2.14. The van der Waals surface area contributed by atoms with Crippen molar-refractivity contribution in [1.29, 1.82) is 5.26 Å². The first-order chi connectivity index (χ1) is 14.9. The van der Waals surface area contributed by atoms with E-state index in [0.29, 0.717) is 34.0 Å². The number of aromatic nitrogens is 3. The molecule has 0 unspecified atom stereocenters. The lowest BCUT2D eigenvalue weighted by atomic mass is 10.1. The van der Waals surface area contributed by atoms with Gasteiger partial charge in [0, 0.05) is 18.4 Å². The standard InChI is InChI=1S/C24H21N5O2/c1-14-11-19(31-18-7-5-17(13-25)6-8-18)9-10-21(14)27-24(30)20-12-15(2)26-23-22(20)16(3)28-29(23)4/h5-12H,1-4H3,(H,27,30). The van der Waals surface area contributed by atoms with Gasteiger partial charge in [0.25, 0.3) is 5.91 Å². The number of pyridine rings is 1. The zero-order valence-electron chi connectivity index (χ0n) is 17.7. The predicted octanol–water partition coefficient (Wildman–Crippen LogP) is 4.81. The van der Waals surface area contributed by atoms with Crippen molar-refractivity contribution < 1.29 is 9.53 Å². The molecule has 0 aliphatic heterocycles. The Balaban J connectivity index is 1.58. The largest absolute Gasteiger partial charge is 0.457 e. The van der Waals surface area contributed by atoms with Crippen molar-refractivity contribution in [1.82, 2.24) is 14.8 Å². The monoisotopic (exact) mass is 411 g/mol. The molecule has 31 heavy (non-hydrogen) atoms. The van der Waals surface area contributed by atoms with E-state index >= 15 is 0 Å². The average molecular weight is 411 g/mol. The maximum Gasteiger partial charge on any atom is 0.256 e. The van der Waals surface area contributed by atoms with Crippen molar-refractivity contribution in [3.63, 3.8) is 0 Å². The number of hydrogen-bond acceptors (Lipinski definition) is 5. The number of ether oxygens (including phenoxy) is 1. The number of rotatable bonds is 4. The highest BCUT2D eigenvalue weighted by molar-refractivity contribution is 6.12. The van der Waals surface area contributed by atoms with Crippen LogP contribution in [0.4, 0.5) is 5.69 Å². The number of amides is 1. The molecule has 0 fully saturated rings. The molecule has 0 radical (unpaired) electrons. The van der Waals surface area contributed by atoms with Gasteiger partial charge in [-0.25, -0.2) is 4.98 Å². The van der Waals surface area contributed by atoms with Crippen LogP contribution >= 0.6 is 0 Å². The molecule has 0 bridgehead atoms. The van der Waals surface area contributed by atoms with Crippen molar-refractivity contribution in [2.24, 2.45) is 7.05 Å². The lowest BCUT2D eigenvalue weighted by Gasteiger charge is -2.12. The molecule has 0 spiro atoms. The van der Waals surface area contributed by atoms with Gasteiger partial charge in [-0.3, -0.25) is 9.48 Å². The third-order valence-corrected chi connectivity index (χ3v) is 5.01. The maximum atomic E-state index is 13.1. The van der Waals surface area contributed by atoms with Gasteiger partial charge in [-0.05, 0) is 74.9 Å². The molecule has 0 saturated carbocycles. The minimum Gasteiger partial charge on any atom is -0.457 e. The number of aryl methyl sites for hydroxylation is 4. The molecule has 1 amide bonds. The van der Waals surface area contributed by atoms with Gasteiger partial charge in [0.1, 0.15) is 11.5 Å². The number of hydrogen-bond donors (Lipinski definition) is 1. The van der Waals surface area contributed by atoms with Gasteiger partial charge in [0.15, 0.2) is 5.65 Å². The Labute approximate surface area is 179 Å². The quantitative estimate of drug-likeness (QED) is 0.520. The summed E-state index contributed by atoms with van der Waals surface area (Å²) in [6, 6.07) is 16.2. The van der Waals surface area contributed by atoms with Crippen LogP contribution in [0.25, 0.3) is 11.0 Å². The normalized spacial score (nSPS) is 10.7. The van der Waals surface area contributed by atoms with Gasteiger partial charge >= 0.3 is 0 Å². The van der Waals surface area contributed by atoms with E-state index in [1.807, 2.05) is 40.0 Å². The van der Waals surface area contributed by atoms with E-state index in [1.165, 1.54) is 0 Å². The minimum atomic E-state index is -0.213. The van der Waals surface area contributed by atoms with Gasteiger partial charge in [-0.1, -0.05) is 0 Å². The van der Waals surface area contributed by atoms with Crippen molar-refractivity contribution in [3.05, 3.63) is 76.6 Å². The van der Waals surface area contributed by atoms with Crippen molar-refractivity contribution in [2.45, 2.75) is 20.8 Å². The molecule has 0 aliphatic rings. The molecular weight excluding hydrogens is 390 g/mol. The van der Waals surface area contributed by atoms with Crippen LogP contribution in [0.15, 0.2) is 48.5 Å². The highest BCUT2D eigenvalue weighted by Gasteiger charge is 2.18. The first-order valence-electron chi connectivity index (χ1n) is 9.76. The first kappa shape index (κ1) is 20.1. The molecule has 7 nitrogen and oxygen atoms in total. The van der Waals surface area contributed by atoms with E-state index in [2.05, 4.69) is 21.5 Å². The molecule has 4 rings (SSSR count). The van der Waals surface area contributed by atoms with E-state index < -0.39 is 0 Å². The fourth-order valence-corrected chi connectivity index (χ4v) is 3.51. The van der Waals surface area contributed by atoms with Gasteiger partial charge in [0.2, 0.25) is 0 Å². The number of nitrogens with zero attached hydrogens (tertiary/aromatic N) is 4. The SMILES string of the molecule is Cc1cc(C(=O)Nc2ccc(Oc3ccc(C#N)cc3)cc2C)c2c(C)nn(C)c2n1. The number of nitriles is 1. The highest BCUT2D eigenvalue weighted by Crippen LogP contribution is 2.28. The van der Waals surface area contributed by atoms with Crippen molar-refractivity contribution in [3.8, 4) is 17.6 Å². The molecule has 7 heteroatoms. The summed E-state index contributed by atoms with van der Waals surface area (Å²) in [5, 5.41) is 17.0. The van der Waals surface area contributed by atoms with Crippen LogP contribution in [-0.4, -0.2) is 20.7 Å². The Hall–Kier alpha value is -4.18. The van der Waals surface area contributed by atoms with Crippen LogP contribution in [0.1, 0.15) is 32.9 Å². The molecule has 0 saturated heterocycles. The highest BCUT2D eigenvalue weighted by atomic mass is 16.5. The van der Waals surface area contributed by atoms with Crippen LogP contribution in [-0.2, 0) is 7.05 Å². The van der Waals surface area contributed by atoms with Gasteiger partial charge in [-0.15, -0.1) is 0 Å². The van der Waals surface area contributed by atoms with Crippen LogP contribution in [0.3, 0.4) is 0 Å². The van der Waals surface area contributed by atoms with E-state index in [9.17, 15) is 4.79 Å². The van der Waals surface area contributed by atoms with Crippen molar-refractivity contribution in [2.75, 3.05) is 5.32 Å². The Morgan fingerprint density at radius 1 is 1.06 bits per heavy atom.